The van der Waals surface area contributed by atoms with E-state index in [0.717, 1.165) is 38.3 Å². The summed E-state index contributed by atoms with van der Waals surface area (Å²) in [7, 11) is 0. The molecule has 1 aromatic heterocycles. The van der Waals surface area contributed by atoms with Crippen molar-refractivity contribution in [2.75, 3.05) is 19.6 Å². The molecule has 0 unspecified atom stereocenters. The molecule has 1 aromatic rings. The van der Waals surface area contributed by atoms with Gasteiger partial charge in [-0.25, -0.2) is 0 Å². The van der Waals surface area contributed by atoms with Crippen LogP contribution < -0.4 is 5.73 Å². The average Bonchev–Trinajstić information content (AvgIpc) is 2.72. The molecule has 0 aliphatic heterocycles. The van der Waals surface area contributed by atoms with E-state index in [-0.39, 0.29) is 0 Å². The maximum atomic E-state index is 5.52. The molecular weight excluding hydrogens is 200 g/mol. The number of nitrogens with zero attached hydrogens (tertiary/aromatic N) is 3. The first-order valence-electron chi connectivity index (χ1n) is 6.13. The van der Waals surface area contributed by atoms with Gasteiger partial charge in [0.05, 0.1) is 5.69 Å². The van der Waals surface area contributed by atoms with Gasteiger partial charge >= 0.3 is 0 Å². The molecule has 0 aromatic carbocycles. The molecular formula is C12H24N4. The highest BCUT2D eigenvalue weighted by molar-refractivity contribution is 4.99. The molecule has 0 radical (unpaired) electrons. The van der Waals surface area contributed by atoms with Crippen molar-refractivity contribution in [1.29, 1.82) is 0 Å². The van der Waals surface area contributed by atoms with Crippen LogP contribution in [0.15, 0.2) is 12.3 Å². The number of nitrogens with two attached hydrogens (primary N) is 1. The second-order valence-corrected chi connectivity index (χ2v) is 4.39. The Labute approximate surface area is 98.4 Å². The third kappa shape index (κ3) is 3.94. The fraction of sp³-hybridized carbons (Fsp3) is 0.750. The highest BCUT2D eigenvalue weighted by atomic mass is 15.3. The van der Waals surface area contributed by atoms with Crippen LogP contribution in [-0.4, -0.2) is 34.3 Å². The lowest BCUT2D eigenvalue weighted by molar-refractivity contribution is 0.273. The number of aromatic nitrogens is 2. The first kappa shape index (κ1) is 13.2. The predicted octanol–water partition coefficient (Wildman–Crippen LogP) is 1.63. The predicted molar refractivity (Wildman–Crippen MR) is 67.2 cm³/mol. The SMILES string of the molecule is CCN(CCCN)Cc1ccn(C(C)C)n1. The molecule has 2 N–H and O–H groups in total. The zero-order valence-corrected chi connectivity index (χ0v) is 10.7. The normalized spacial score (nSPS) is 11.6. The molecule has 0 aliphatic rings. The summed E-state index contributed by atoms with van der Waals surface area (Å²) in [4.78, 5) is 2.37. The van der Waals surface area contributed by atoms with E-state index in [0.29, 0.717) is 6.04 Å². The summed E-state index contributed by atoms with van der Waals surface area (Å²) in [6.45, 7) is 10.3. The van der Waals surface area contributed by atoms with Gasteiger partial charge in [-0.1, -0.05) is 6.92 Å². The molecule has 0 bridgehead atoms. The van der Waals surface area contributed by atoms with Crippen molar-refractivity contribution in [1.82, 2.24) is 14.7 Å². The Morgan fingerprint density at radius 3 is 2.75 bits per heavy atom. The van der Waals surface area contributed by atoms with E-state index in [1.807, 2.05) is 4.68 Å². The van der Waals surface area contributed by atoms with Crippen LogP contribution in [0.3, 0.4) is 0 Å². The average molecular weight is 224 g/mol. The van der Waals surface area contributed by atoms with Crippen molar-refractivity contribution in [3.8, 4) is 0 Å². The van der Waals surface area contributed by atoms with Crippen LogP contribution in [0.2, 0.25) is 0 Å². The lowest BCUT2D eigenvalue weighted by Gasteiger charge is -2.18. The van der Waals surface area contributed by atoms with Gasteiger partial charge in [0.25, 0.3) is 0 Å². The van der Waals surface area contributed by atoms with Crippen molar-refractivity contribution in [3.63, 3.8) is 0 Å². The summed E-state index contributed by atoms with van der Waals surface area (Å²) >= 11 is 0. The summed E-state index contributed by atoms with van der Waals surface area (Å²) in [6, 6.07) is 2.54. The van der Waals surface area contributed by atoms with Crippen molar-refractivity contribution < 1.29 is 0 Å². The van der Waals surface area contributed by atoms with Gasteiger partial charge in [-0.2, -0.15) is 5.10 Å². The summed E-state index contributed by atoms with van der Waals surface area (Å²) < 4.78 is 2.01. The fourth-order valence-corrected chi connectivity index (χ4v) is 1.64. The number of hydrogen-bond acceptors (Lipinski definition) is 3. The van der Waals surface area contributed by atoms with Crippen molar-refractivity contribution >= 4 is 0 Å². The molecule has 0 saturated carbocycles. The first-order valence-corrected chi connectivity index (χ1v) is 6.13. The van der Waals surface area contributed by atoms with Crippen molar-refractivity contribution in [2.24, 2.45) is 5.73 Å². The largest absolute Gasteiger partial charge is 0.330 e. The monoisotopic (exact) mass is 224 g/mol. The van der Waals surface area contributed by atoms with E-state index in [4.69, 9.17) is 5.73 Å². The minimum atomic E-state index is 0.438. The molecule has 4 heteroatoms. The standard InChI is InChI=1S/C12H24N4/c1-4-15(8-5-7-13)10-12-6-9-16(14-12)11(2)3/h6,9,11H,4-5,7-8,10,13H2,1-3H3. The van der Waals surface area contributed by atoms with Crippen LogP contribution in [0.4, 0.5) is 0 Å². The summed E-state index contributed by atoms with van der Waals surface area (Å²) in [5.74, 6) is 0. The van der Waals surface area contributed by atoms with Crippen molar-refractivity contribution in [2.45, 2.75) is 39.8 Å². The van der Waals surface area contributed by atoms with Gasteiger partial charge in [-0.3, -0.25) is 9.58 Å². The topological polar surface area (TPSA) is 47.1 Å². The Hall–Kier alpha value is -0.870. The minimum Gasteiger partial charge on any atom is -0.330 e. The molecule has 16 heavy (non-hydrogen) atoms. The summed E-state index contributed by atoms with van der Waals surface area (Å²) in [5, 5.41) is 4.55. The zero-order valence-electron chi connectivity index (χ0n) is 10.7. The van der Waals surface area contributed by atoms with Crippen LogP contribution in [0.25, 0.3) is 0 Å². The Morgan fingerprint density at radius 1 is 1.50 bits per heavy atom. The van der Waals surface area contributed by atoms with Crippen LogP contribution in [0.5, 0.6) is 0 Å². The lowest BCUT2D eigenvalue weighted by Crippen LogP contribution is -2.26. The third-order valence-electron chi connectivity index (χ3n) is 2.70. The smallest absolute Gasteiger partial charge is 0.0764 e. The second-order valence-electron chi connectivity index (χ2n) is 4.39. The highest BCUT2D eigenvalue weighted by Crippen LogP contribution is 2.07. The maximum absolute atomic E-state index is 5.52. The highest BCUT2D eigenvalue weighted by Gasteiger charge is 2.06. The lowest BCUT2D eigenvalue weighted by atomic mass is 10.3. The van der Waals surface area contributed by atoms with E-state index in [2.05, 4.69) is 43.0 Å². The summed E-state index contributed by atoms with van der Waals surface area (Å²) in [6.07, 6.45) is 3.11. The van der Waals surface area contributed by atoms with Gasteiger partial charge in [0.2, 0.25) is 0 Å². The zero-order chi connectivity index (χ0) is 12.0. The van der Waals surface area contributed by atoms with Gasteiger partial charge in [-0.05, 0) is 46.0 Å². The Morgan fingerprint density at radius 2 is 2.25 bits per heavy atom. The first-order chi connectivity index (χ1) is 7.67. The Kier molecular flexibility index (Phi) is 5.49. The Bertz CT molecular complexity index is 293. The van der Waals surface area contributed by atoms with E-state index in [9.17, 15) is 0 Å². The van der Waals surface area contributed by atoms with Gasteiger partial charge < -0.3 is 5.73 Å². The molecule has 92 valence electrons. The molecule has 0 saturated heterocycles. The molecule has 1 rings (SSSR count). The molecule has 0 fully saturated rings. The summed E-state index contributed by atoms with van der Waals surface area (Å²) in [5.41, 5.74) is 6.67. The third-order valence-corrected chi connectivity index (χ3v) is 2.70. The molecule has 0 atom stereocenters. The maximum Gasteiger partial charge on any atom is 0.0764 e. The van der Waals surface area contributed by atoms with Crippen LogP contribution >= 0.6 is 0 Å². The van der Waals surface area contributed by atoms with Crippen LogP contribution in [0, 0.1) is 0 Å². The van der Waals surface area contributed by atoms with Gasteiger partial charge in [0.15, 0.2) is 0 Å². The molecule has 1 heterocycles. The second kappa shape index (κ2) is 6.66. The number of hydrogen-bond donors (Lipinski definition) is 1. The van der Waals surface area contributed by atoms with Crippen LogP contribution in [-0.2, 0) is 6.54 Å². The Balaban J connectivity index is 2.49. The molecule has 4 nitrogen and oxygen atoms in total. The molecule has 0 amide bonds. The molecule has 0 spiro atoms. The van der Waals surface area contributed by atoms with E-state index >= 15 is 0 Å². The fourth-order valence-electron chi connectivity index (χ4n) is 1.64. The number of rotatable bonds is 7. The van der Waals surface area contributed by atoms with E-state index < -0.39 is 0 Å². The quantitative estimate of drug-likeness (QED) is 0.766. The van der Waals surface area contributed by atoms with Gasteiger partial charge in [-0.15, -0.1) is 0 Å². The van der Waals surface area contributed by atoms with Crippen molar-refractivity contribution in [3.05, 3.63) is 18.0 Å². The van der Waals surface area contributed by atoms with Crippen LogP contribution in [0.1, 0.15) is 38.9 Å². The minimum absolute atomic E-state index is 0.438. The van der Waals surface area contributed by atoms with E-state index in [1.165, 1.54) is 0 Å². The van der Waals surface area contributed by atoms with Gasteiger partial charge in [0, 0.05) is 18.8 Å². The molecule has 0 aliphatic carbocycles. The van der Waals surface area contributed by atoms with Gasteiger partial charge in [0.1, 0.15) is 0 Å². The van der Waals surface area contributed by atoms with E-state index in [1.54, 1.807) is 0 Å².